The minimum absolute atomic E-state index is 0.715. The molecule has 2 heterocycles. The summed E-state index contributed by atoms with van der Waals surface area (Å²) >= 11 is 3.53. The fourth-order valence-electron chi connectivity index (χ4n) is 1.85. The third-order valence-corrected chi connectivity index (χ3v) is 3.67. The van der Waals surface area contributed by atoms with Crippen molar-refractivity contribution in [3.05, 3.63) is 22.6 Å². The summed E-state index contributed by atoms with van der Waals surface area (Å²) in [5.41, 5.74) is 1.95. The Bertz CT molecular complexity index is 539. The molecule has 6 heteroatoms. The fourth-order valence-corrected chi connectivity index (χ4v) is 2.51. The lowest BCUT2D eigenvalue weighted by molar-refractivity contribution is 0.603. The molecule has 0 atom stereocenters. The molecule has 0 spiro atoms. The molecule has 2 aromatic rings. The van der Waals surface area contributed by atoms with Gasteiger partial charge in [0.15, 0.2) is 5.82 Å². The van der Waals surface area contributed by atoms with E-state index in [1.54, 1.807) is 0 Å². The molecule has 0 aliphatic carbocycles. The molecule has 0 saturated heterocycles. The van der Waals surface area contributed by atoms with Crippen molar-refractivity contribution in [1.29, 1.82) is 0 Å². The van der Waals surface area contributed by atoms with Crippen LogP contribution in [0.25, 0.3) is 11.4 Å². The van der Waals surface area contributed by atoms with Gasteiger partial charge in [0.2, 0.25) is 0 Å². The number of halogens is 1. The third-order valence-electron chi connectivity index (χ3n) is 2.84. The number of aryl methyl sites for hydroxylation is 2. The van der Waals surface area contributed by atoms with Gasteiger partial charge >= 0.3 is 0 Å². The molecule has 0 radical (unpaired) electrons. The predicted octanol–water partition coefficient (Wildman–Crippen LogP) is 3.12. The molecule has 0 aliphatic rings. The lowest BCUT2D eigenvalue weighted by Gasteiger charge is -2.08. The maximum absolute atomic E-state index is 4.59. The van der Waals surface area contributed by atoms with Gasteiger partial charge < -0.3 is 5.32 Å². The average Bonchev–Trinajstić information content (AvgIpc) is 2.88. The molecule has 19 heavy (non-hydrogen) atoms. The normalized spacial score (nSPS) is 10.7. The van der Waals surface area contributed by atoms with E-state index in [-0.39, 0.29) is 0 Å². The van der Waals surface area contributed by atoms with Crippen LogP contribution in [-0.2, 0) is 13.0 Å². The maximum atomic E-state index is 4.59. The second-order valence-corrected chi connectivity index (χ2v) is 5.05. The summed E-state index contributed by atoms with van der Waals surface area (Å²) in [4.78, 5) is 9.11. The molecule has 0 aromatic carbocycles. The van der Waals surface area contributed by atoms with E-state index in [0.717, 1.165) is 40.9 Å². The van der Waals surface area contributed by atoms with Crippen LogP contribution in [0, 0.1) is 0 Å². The first-order chi connectivity index (χ1) is 9.19. The summed E-state index contributed by atoms with van der Waals surface area (Å²) in [6, 6.07) is 0. The zero-order valence-electron chi connectivity index (χ0n) is 11.4. The van der Waals surface area contributed by atoms with Gasteiger partial charge in [0, 0.05) is 19.8 Å². The molecule has 2 aromatic heterocycles. The van der Waals surface area contributed by atoms with Crippen LogP contribution in [0.5, 0.6) is 0 Å². The summed E-state index contributed by atoms with van der Waals surface area (Å²) < 4.78 is 2.85. The molecule has 2 rings (SSSR count). The summed E-state index contributed by atoms with van der Waals surface area (Å²) in [5, 5.41) is 7.41. The van der Waals surface area contributed by atoms with Crippen molar-refractivity contribution < 1.29 is 0 Å². The summed E-state index contributed by atoms with van der Waals surface area (Å²) in [7, 11) is 1.86. The zero-order chi connectivity index (χ0) is 13.8. The monoisotopic (exact) mass is 323 g/mol. The number of aromatic nitrogens is 4. The van der Waals surface area contributed by atoms with Crippen molar-refractivity contribution >= 4 is 21.7 Å². The Kier molecular flexibility index (Phi) is 4.52. The van der Waals surface area contributed by atoms with Crippen molar-refractivity contribution in [1.82, 2.24) is 19.7 Å². The van der Waals surface area contributed by atoms with E-state index >= 15 is 0 Å². The van der Waals surface area contributed by atoms with Crippen molar-refractivity contribution in [2.24, 2.45) is 0 Å². The first-order valence-electron chi connectivity index (χ1n) is 6.46. The third kappa shape index (κ3) is 2.94. The van der Waals surface area contributed by atoms with Gasteiger partial charge in [-0.15, -0.1) is 0 Å². The molecular weight excluding hydrogens is 306 g/mol. The molecule has 0 bridgehead atoms. The van der Waals surface area contributed by atoms with Crippen LogP contribution < -0.4 is 5.32 Å². The van der Waals surface area contributed by atoms with Gasteiger partial charge in [-0.25, -0.2) is 9.97 Å². The minimum Gasteiger partial charge on any atom is -0.372 e. The SMILES string of the molecule is CCCn1cc(-c2nc(CC)c(Br)c(NC)n2)cn1. The maximum Gasteiger partial charge on any atom is 0.165 e. The second kappa shape index (κ2) is 6.14. The van der Waals surface area contributed by atoms with Crippen LogP contribution in [0.2, 0.25) is 0 Å². The van der Waals surface area contributed by atoms with Gasteiger partial charge in [0.05, 0.1) is 21.9 Å². The highest BCUT2D eigenvalue weighted by Crippen LogP contribution is 2.27. The highest BCUT2D eigenvalue weighted by atomic mass is 79.9. The fraction of sp³-hybridized carbons (Fsp3) is 0.462. The number of anilines is 1. The smallest absolute Gasteiger partial charge is 0.165 e. The lowest BCUT2D eigenvalue weighted by atomic mass is 10.2. The van der Waals surface area contributed by atoms with E-state index in [9.17, 15) is 0 Å². The Morgan fingerprint density at radius 2 is 2.11 bits per heavy atom. The molecule has 0 unspecified atom stereocenters. The average molecular weight is 324 g/mol. The lowest BCUT2D eigenvalue weighted by Crippen LogP contribution is -2.02. The molecule has 5 nitrogen and oxygen atoms in total. The highest BCUT2D eigenvalue weighted by molar-refractivity contribution is 9.10. The van der Waals surface area contributed by atoms with Gasteiger partial charge in [0.1, 0.15) is 5.82 Å². The summed E-state index contributed by atoms with van der Waals surface area (Å²) in [6.07, 6.45) is 5.72. The van der Waals surface area contributed by atoms with E-state index < -0.39 is 0 Å². The molecule has 0 aliphatic heterocycles. The van der Waals surface area contributed by atoms with E-state index in [1.807, 2.05) is 24.1 Å². The second-order valence-electron chi connectivity index (χ2n) is 4.25. The highest BCUT2D eigenvalue weighted by Gasteiger charge is 2.12. The van der Waals surface area contributed by atoms with Crippen LogP contribution in [-0.4, -0.2) is 26.8 Å². The number of rotatable bonds is 5. The van der Waals surface area contributed by atoms with Crippen molar-refractivity contribution in [2.45, 2.75) is 33.2 Å². The largest absolute Gasteiger partial charge is 0.372 e. The minimum atomic E-state index is 0.715. The summed E-state index contributed by atoms with van der Waals surface area (Å²) in [5.74, 6) is 1.52. The molecule has 0 fully saturated rings. The Morgan fingerprint density at radius 3 is 2.74 bits per heavy atom. The van der Waals surface area contributed by atoms with Crippen LogP contribution in [0.1, 0.15) is 26.0 Å². The van der Waals surface area contributed by atoms with Crippen LogP contribution in [0.4, 0.5) is 5.82 Å². The van der Waals surface area contributed by atoms with Crippen molar-refractivity contribution in [2.75, 3.05) is 12.4 Å². The number of hydrogen-bond donors (Lipinski definition) is 1. The van der Waals surface area contributed by atoms with Gasteiger partial charge in [-0.3, -0.25) is 4.68 Å². The summed E-state index contributed by atoms with van der Waals surface area (Å²) in [6.45, 7) is 5.12. The first kappa shape index (κ1) is 14.0. The van der Waals surface area contributed by atoms with E-state index in [1.165, 1.54) is 0 Å². The Labute approximate surface area is 121 Å². The van der Waals surface area contributed by atoms with Crippen molar-refractivity contribution in [3.63, 3.8) is 0 Å². The Balaban J connectivity index is 2.43. The predicted molar refractivity (Wildman–Crippen MR) is 80.2 cm³/mol. The first-order valence-corrected chi connectivity index (χ1v) is 7.25. The Hall–Kier alpha value is -1.43. The van der Waals surface area contributed by atoms with Gasteiger partial charge in [-0.1, -0.05) is 13.8 Å². The van der Waals surface area contributed by atoms with Gasteiger partial charge in [-0.2, -0.15) is 5.10 Å². The molecule has 102 valence electrons. The standard InChI is InChI=1S/C13H18BrN5/c1-4-6-19-8-9(7-16-19)12-17-10(5-2)11(14)13(15-3)18-12/h7-8H,4-6H2,1-3H3,(H,15,17,18). The molecule has 1 N–H and O–H groups in total. The van der Waals surface area contributed by atoms with Gasteiger partial charge in [0.25, 0.3) is 0 Å². The number of nitrogens with zero attached hydrogens (tertiary/aromatic N) is 4. The van der Waals surface area contributed by atoms with E-state index in [4.69, 9.17) is 0 Å². The molecule has 0 saturated carbocycles. The number of hydrogen-bond acceptors (Lipinski definition) is 4. The van der Waals surface area contributed by atoms with Crippen LogP contribution in [0.3, 0.4) is 0 Å². The molecular formula is C13H18BrN5. The van der Waals surface area contributed by atoms with Gasteiger partial charge in [-0.05, 0) is 28.8 Å². The quantitative estimate of drug-likeness (QED) is 0.918. The van der Waals surface area contributed by atoms with Crippen LogP contribution in [0.15, 0.2) is 16.9 Å². The molecule has 0 amide bonds. The topological polar surface area (TPSA) is 55.6 Å². The van der Waals surface area contributed by atoms with Crippen molar-refractivity contribution in [3.8, 4) is 11.4 Å². The van der Waals surface area contributed by atoms with Crippen LogP contribution >= 0.6 is 15.9 Å². The van der Waals surface area contributed by atoms with E-state index in [0.29, 0.717) is 5.82 Å². The Morgan fingerprint density at radius 1 is 1.32 bits per heavy atom. The van der Waals surface area contributed by atoms with E-state index in [2.05, 4.69) is 50.2 Å². The number of nitrogens with one attached hydrogen (secondary N) is 1. The zero-order valence-corrected chi connectivity index (χ0v) is 13.0.